The molecule has 0 atom stereocenters. The molecule has 2 amide bonds. The molecule has 0 unspecified atom stereocenters. The largest absolute Gasteiger partial charge is 0.445 e. The number of hydrogen-bond donors (Lipinski definition) is 1. The normalized spacial score (nSPS) is 14.6. The van der Waals surface area contributed by atoms with E-state index in [1.54, 1.807) is 25.2 Å². The standard InChI is InChI=1S/C22H23FN4O4S2/c1-26(17-8-6-10-19(14-17)33(29,30)27-11-3-2-4-12-27)22(28)25-21-24-15-20(32-21)31-18-9-5-7-16(23)13-18/h5-10,13-15H,2-4,11-12H2,1H3,(H,24,25,28). The number of aromatic nitrogens is 1. The molecule has 174 valence electrons. The molecule has 1 N–H and O–H groups in total. The first-order valence-electron chi connectivity index (χ1n) is 10.4. The van der Waals surface area contributed by atoms with Crippen LogP contribution in [0.3, 0.4) is 0 Å². The van der Waals surface area contributed by atoms with Crippen LogP contribution in [-0.4, -0.2) is 43.9 Å². The predicted molar refractivity (Wildman–Crippen MR) is 125 cm³/mol. The van der Waals surface area contributed by atoms with Gasteiger partial charge in [-0.1, -0.05) is 29.9 Å². The van der Waals surface area contributed by atoms with Gasteiger partial charge in [0, 0.05) is 31.9 Å². The number of nitrogens with one attached hydrogen (secondary N) is 1. The highest BCUT2D eigenvalue weighted by Crippen LogP contribution is 2.31. The zero-order valence-corrected chi connectivity index (χ0v) is 19.5. The number of amides is 2. The summed E-state index contributed by atoms with van der Waals surface area (Å²) in [6.45, 7) is 1.01. The molecule has 3 aromatic rings. The predicted octanol–water partition coefficient (Wildman–Crippen LogP) is 4.92. The summed E-state index contributed by atoms with van der Waals surface area (Å²) in [5.41, 5.74) is 0.429. The molecular formula is C22H23FN4O4S2. The maximum absolute atomic E-state index is 13.3. The molecule has 4 rings (SSSR count). The Bertz CT molecular complexity index is 1240. The third-order valence-corrected chi connectivity index (χ3v) is 7.86. The first kappa shape index (κ1) is 23.1. The van der Waals surface area contributed by atoms with Gasteiger partial charge in [0.1, 0.15) is 11.6 Å². The minimum absolute atomic E-state index is 0.154. The molecule has 1 saturated heterocycles. The number of carbonyl (C=O) groups excluding carboxylic acids is 1. The van der Waals surface area contributed by atoms with Crippen molar-refractivity contribution in [1.29, 1.82) is 0 Å². The van der Waals surface area contributed by atoms with Crippen molar-refractivity contribution in [3.63, 3.8) is 0 Å². The Morgan fingerprint density at radius 1 is 1.15 bits per heavy atom. The van der Waals surface area contributed by atoms with Crippen LogP contribution < -0.4 is 15.0 Å². The van der Waals surface area contributed by atoms with E-state index in [9.17, 15) is 17.6 Å². The number of piperidine rings is 1. The highest BCUT2D eigenvalue weighted by atomic mass is 32.2. The van der Waals surface area contributed by atoms with Crippen LogP contribution in [-0.2, 0) is 10.0 Å². The number of benzene rings is 2. The second kappa shape index (κ2) is 9.86. The van der Waals surface area contributed by atoms with Gasteiger partial charge >= 0.3 is 6.03 Å². The van der Waals surface area contributed by atoms with Crippen molar-refractivity contribution in [3.05, 3.63) is 60.5 Å². The number of anilines is 2. The van der Waals surface area contributed by atoms with Gasteiger partial charge < -0.3 is 4.74 Å². The summed E-state index contributed by atoms with van der Waals surface area (Å²) in [4.78, 5) is 18.3. The monoisotopic (exact) mass is 490 g/mol. The highest BCUT2D eigenvalue weighted by Gasteiger charge is 2.26. The van der Waals surface area contributed by atoms with Crippen LogP contribution in [0.25, 0.3) is 0 Å². The van der Waals surface area contributed by atoms with Crippen molar-refractivity contribution in [3.8, 4) is 10.8 Å². The van der Waals surface area contributed by atoms with Gasteiger partial charge in [0.15, 0.2) is 5.13 Å². The van der Waals surface area contributed by atoms with Crippen LogP contribution in [0.5, 0.6) is 10.8 Å². The Hall–Kier alpha value is -3.02. The second-order valence-corrected chi connectivity index (χ2v) is 10.4. The summed E-state index contributed by atoms with van der Waals surface area (Å²) in [5.74, 6) is -0.0999. The van der Waals surface area contributed by atoms with Gasteiger partial charge in [-0.3, -0.25) is 10.2 Å². The van der Waals surface area contributed by atoms with Crippen molar-refractivity contribution in [2.75, 3.05) is 30.4 Å². The molecular weight excluding hydrogens is 467 g/mol. The first-order valence-corrected chi connectivity index (χ1v) is 12.6. The van der Waals surface area contributed by atoms with Crippen LogP contribution in [0, 0.1) is 5.82 Å². The average Bonchev–Trinajstić information content (AvgIpc) is 3.25. The van der Waals surface area contributed by atoms with Gasteiger partial charge in [0.25, 0.3) is 0 Å². The third-order valence-electron chi connectivity index (χ3n) is 5.18. The van der Waals surface area contributed by atoms with Gasteiger partial charge in [-0.15, -0.1) is 0 Å². The number of sulfonamides is 1. The fourth-order valence-electron chi connectivity index (χ4n) is 3.41. The fourth-order valence-corrected chi connectivity index (χ4v) is 5.65. The Kier molecular flexibility index (Phi) is 6.91. The molecule has 0 aliphatic carbocycles. The number of rotatable bonds is 6. The number of nitrogens with zero attached hydrogens (tertiary/aromatic N) is 3. The molecule has 1 aliphatic rings. The lowest BCUT2D eigenvalue weighted by atomic mass is 10.2. The molecule has 2 aromatic carbocycles. The SMILES string of the molecule is CN(C(=O)Nc1ncc(Oc2cccc(F)c2)s1)c1cccc(S(=O)(=O)N2CCCCC2)c1. The zero-order chi connectivity index (χ0) is 23.4. The number of ether oxygens (including phenoxy) is 1. The van der Waals surface area contributed by atoms with Crippen LogP contribution in [0.1, 0.15) is 19.3 Å². The molecule has 2 heterocycles. The van der Waals surface area contributed by atoms with E-state index in [0.717, 1.165) is 30.6 Å². The number of halogens is 1. The van der Waals surface area contributed by atoms with Crippen LogP contribution >= 0.6 is 11.3 Å². The van der Waals surface area contributed by atoms with E-state index >= 15 is 0 Å². The molecule has 8 nitrogen and oxygen atoms in total. The van der Waals surface area contributed by atoms with E-state index in [2.05, 4.69) is 10.3 Å². The van der Waals surface area contributed by atoms with Gasteiger partial charge in [-0.05, 0) is 43.2 Å². The lowest BCUT2D eigenvalue weighted by Gasteiger charge is -2.26. The molecule has 11 heteroatoms. The Morgan fingerprint density at radius 3 is 2.67 bits per heavy atom. The summed E-state index contributed by atoms with van der Waals surface area (Å²) in [6.07, 6.45) is 4.15. The topological polar surface area (TPSA) is 91.8 Å². The summed E-state index contributed by atoms with van der Waals surface area (Å²) < 4.78 is 46.3. The summed E-state index contributed by atoms with van der Waals surface area (Å²) in [6, 6.07) is 11.5. The Morgan fingerprint density at radius 2 is 1.91 bits per heavy atom. The maximum atomic E-state index is 13.3. The molecule has 1 fully saturated rings. The van der Waals surface area contributed by atoms with Crippen molar-refractivity contribution in [1.82, 2.24) is 9.29 Å². The average molecular weight is 491 g/mol. The molecule has 0 radical (unpaired) electrons. The van der Waals surface area contributed by atoms with Gasteiger partial charge in [0.2, 0.25) is 15.1 Å². The Labute approximate surface area is 195 Å². The number of thiazole rings is 1. The smallest absolute Gasteiger partial charge is 0.327 e. The fraction of sp³-hybridized carbons (Fsp3) is 0.273. The maximum Gasteiger partial charge on any atom is 0.327 e. The first-order chi connectivity index (χ1) is 15.8. The van der Waals surface area contributed by atoms with Crippen molar-refractivity contribution < 1.29 is 22.3 Å². The van der Waals surface area contributed by atoms with Crippen LogP contribution in [0.4, 0.5) is 20.0 Å². The number of hydrogen-bond acceptors (Lipinski definition) is 6. The van der Waals surface area contributed by atoms with Gasteiger partial charge in [0.05, 0.1) is 11.1 Å². The summed E-state index contributed by atoms with van der Waals surface area (Å²) >= 11 is 1.08. The molecule has 0 bridgehead atoms. The molecule has 33 heavy (non-hydrogen) atoms. The van der Waals surface area contributed by atoms with Crippen molar-refractivity contribution >= 4 is 38.2 Å². The van der Waals surface area contributed by atoms with E-state index in [1.807, 2.05) is 0 Å². The highest BCUT2D eigenvalue weighted by molar-refractivity contribution is 7.89. The number of carbonyl (C=O) groups is 1. The Balaban J connectivity index is 1.43. The molecule has 0 spiro atoms. The van der Waals surface area contributed by atoms with Crippen molar-refractivity contribution in [2.45, 2.75) is 24.2 Å². The molecule has 0 saturated carbocycles. The van der Waals surface area contributed by atoms with Crippen LogP contribution in [0.2, 0.25) is 0 Å². The lowest BCUT2D eigenvalue weighted by molar-refractivity contribution is 0.258. The van der Waals surface area contributed by atoms with E-state index in [0.29, 0.717) is 29.6 Å². The summed E-state index contributed by atoms with van der Waals surface area (Å²) in [5, 5.41) is 3.33. The van der Waals surface area contributed by atoms with Gasteiger partial charge in [-0.25, -0.2) is 22.6 Å². The quantitative estimate of drug-likeness (QED) is 0.530. The molecule has 1 aromatic heterocycles. The van der Waals surface area contributed by atoms with Crippen molar-refractivity contribution in [2.24, 2.45) is 0 Å². The summed E-state index contributed by atoms with van der Waals surface area (Å²) in [7, 11) is -2.07. The lowest BCUT2D eigenvalue weighted by Crippen LogP contribution is -2.36. The van der Waals surface area contributed by atoms with Gasteiger partial charge in [-0.2, -0.15) is 4.31 Å². The molecule has 1 aliphatic heterocycles. The third kappa shape index (κ3) is 5.49. The number of urea groups is 1. The van der Waals surface area contributed by atoms with E-state index in [4.69, 9.17) is 4.74 Å². The second-order valence-electron chi connectivity index (χ2n) is 7.50. The zero-order valence-electron chi connectivity index (χ0n) is 17.9. The minimum atomic E-state index is -3.61. The van der Waals surface area contributed by atoms with E-state index < -0.39 is 21.9 Å². The van der Waals surface area contributed by atoms with E-state index in [-0.39, 0.29) is 10.0 Å². The minimum Gasteiger partial charge on any atom is -0.445 e. The van der Waals surface area contributed by atoms with Crippen LogP contribution in [0.15, 0.2) is 59.6 Å². The van der Waals surface area contributed by atoms with E-state index in [1.165, 1.54) is 45.7 Å².